The fourth-order valence-corrected chi connectivity index (χ4v) is 1.56. The van der Waals surface area contributed by atoms with Crippen LogP contribution < -0.4 is 11.5 Å². The van der Waals surface area contributed by atoms with E-state index >= 15 is 0 Å². The predicted octanol–water partition coefficient (Wildman–Crippen LogP) is 0.716. The molecule has 0 aliphatic rings. The summed E-state index contributed by atoms with van der Waals surface area (Å²) in [6.45, 7) is 0. The summed E-state index contributed by atoms with van der Waals surface area (Å²) in [6, 6.07) is 7.01. The SMILES string of the molecule is CN(C(=N)N)C(=O)c1cc2cc(N)ccc2[nH]1. The highest BCUT2D eigenvalue weighted by atomic mass is 16.2. The van der Waals surface area contributed by atoms with Crippen LogP contribution in [-0.2, 0) is 0 Å². The maximum atomic E-state index is 11.9. The van der Waals surface area contributed by atoms with Crippen molar-refractivity contribution in [3.63, 3.8) is 0 Å². The Morgan fingerprint density at radius 3 is 2.76 bits per heavy atom. The molecule has 6 nitrogen and oxygen atoms in total. The number of carbonyl (C=O) groups is 1. The number of rotatable bonds is 1. The summed E-state index contributed by atoms with van der Waals surface area (Å²) in [5.41, 5.74) is 12.7. The molecule has 0 radical (unpaired) electrons. The van der Waals surface area contributed by atoms with E-state index in [2.05, 4.69) is 4.98 Å². The lowest BCUT2D eigenvalue weighted by Gasteiger charge is -2.12. The first-order valence-electron chi connectivity index (χ1n) is 4.99. The predicted molar refractivity (Wildman–Crippen MR) is 66.7 cm³/mol. The molecule has 0 spiro atoms. The van der Waals surface area contributed by atoms with Crippen LogP contribution in [0.5, 0.6) is 0 Å². The molecule has 0 fully saturated rings. The number of H-pyrrole nitrogens is 1. The van der Waals surface area contributed by atoms with Crippen molar-refractivity contribution < 1.29 is 4.79 Å². The number of hydrogen-bond acceptors (Lipinski definition) is 3. The summed E-state index contributed by atoms with van der Waals surface area (Å²) in [5, 5.41) is 8.05. The molecule has 1 amide bonds. The third-order valence-corrected chi connectivity index (χ3v) is 2.54. The molecule has 0 unspecified atom stereocenters. The third kappa shape index (κ3) is 1.92. The highest BCUT2D eigenvalue weighted by Gasteiger charge is 2.16. The standard InChI is InChI=1S/C11H13N5O/c1-16(11(13)14)10(17)9-5-6-4-7(12)2-3-8(6)15-9/h2-5,15H,12H2,1H3,(H3,13,14). The Balaban J connectivity index is 2.43. The number of guanidine groups is 1. The van der Waals surface area contributed by atoms with Crippen molar-refractivity contribution in [3.05, 3.63) is 30.0 Å². The highest BCUT2D eigenvalue weighted by molar-refractivity contribution is 6.05. The number of nitrogens with one attached hydrogen (secondary N) is 2. The molecule has 17 heavy (non-hydrogen) atoms. The maximum Gasteiger partial charge on any atom is 0.276 e. The van der Waals surface area contributed by atoms with Gasteiger partial charge in [-0.25, -0.2) is 0 Å². The van der Waals surface area contributed by atoms with E-state index in [0.717, 1.165) is 15.8 Å². The van der Waals surface area contributed by atoms with E-state index in [9.17, 15) is 4.79 Å². The molecule has 0 bridgehead atoms. The van der Waals surface area contributed by atoms with Crippen LogP contribution in [0, 0.1) is 5.41 Å². The van der Waals surface area contributed by atoms with Gasteiger partial charge in [-0.05, 0) is 24.3 Å². The normalized spacial score (nSPS) is 10.4. The Bertz CT molecular complexity index is 601. The van der Waals surface area contributed by atoms with Gasteiger partial charge < -0.3 is 16.5 Å². The topological polar surface area (TPSA) is 112 Å². The molecule has 6 N–H and O–H groups in total. The summed E-state index contributed by atoms with van der Waals surface area (Å²) in [4.78, 5) is 15.9. The van der Waals surface area contributed by atoms with Gasteiger partial charge in [-0.1, -0.05) is 0 Å². The van der Waals surface area contributed by atoms with Gasteiger partial charge in [0.1, 0.15) is 5.69 Å². The lowest BCUT2D eigenvalue weighted by atomic mass is 10.2. The van der Waals surface area contributed by atoms with E-state index in [1.165, 1.54) is 7.05 Å². The number of hydrogen-bond donors (Lipinski definition) is 4. The number of nitrogen functional groups attached to an aromatic ring is 1. The van der Waals surface area contributed by atoms with Crippen LogP contribution in [0.15, 0.2) is 24.3 Å². The molecule has 0 saturated heterocycles. The molecule has 2 aromatic rings. The smallest absolute Gasteiger partial charge is 0.276 e. The zero-order valence-electron chi connectivity index (χ0n) is 9.32. The molecule has 0 atom stereocenters. The van der Waals surface area contributed by atoms with Gasteiger partial charge in [0, 0.05) is 23.6 Å². The number of amides is 1. The number of aromatic nitrogens is 1. The monoisotopic (exact) mass is 231 g/mol. The number of aromatic amines is 1. The van der Waals surface area contributed by atoms with Crippen molar-refractivity contribution in [1.29, 1.82) is 5.41 Å². The number of carbonyl (C=O) groups excluding carboxylic acids is 1. The average Bonchev–Trinajstić information content (AvgIpc) is 2.69. The Morgan fingerprint density at radius 2 is 2.12 bits per heavy atom. The Morgan fingerprint density at radius 1 is 1.41 bits per heavy atom. The van der Waals surface area contributed by atoms with Gasteiger partial charge in [-0.2, -0.15) is 0 Å². The van der Waals surface area contributed by atoms with Crippen molar-refractivity contribution in [2.24, 2.45) is 5.73 Å². The fourth-order valence-electron chi connectivity index (χ4n) is 1.56. The van der Waals surface area contributed by atoms with Gasteiger partial charge in [0.05, 0.1) is 0 Å². The molecular weight excluding hydrogens is 218 g/mol. The molecule has 0 aliphatic carbocycles. The first-order valence-corrected chi connectivity index (χ1v) is 4.99. The van der Waals surface area contributed by atoms with Gasteiger partial charge in [0.15, 0.2) is 5.96 Å². The van der Waals surface area contributed by atoms with Crippen LogP contribution in [0.3, 0.4) is 0 Å². The number of benzene rings is 1. The zero-order chi connectivity index (χ0) is 12.6. The van der Waals surface area contributed by atoms with Gasteiger partial charge in [0.2, 0.25) is 0 Å². The lowest BCUT2D eigenvalue weighted by molar-refractivity contribution is 0.0864. The van der Waals surface area contributed by atoms with Crippen LogP contribution >= 0.6 is 0 Å². The molecular formula is C11H13N5O. The van der Waals surface area contributed by atoms with Crippen LogP contribution in [0.2, 0.25) is 0 Å². The zero-order valence-corrected chi connectivity index (χ0v) is 9.32. The molecule has 2 rings (SSSR count). The van der Waals surface area contributed by atoms with E-state index in [0.29, 0.717) is 11.4 Å². The molecule has 88 valence electrons. The van der Waals surface area contributed by atoms with E-state index in [4.69, 9.17) is 16.9 Å². The molecule has 1 heterocycles. The molecule has 0 aliphatic heterocycles. The second kappa shape index (κ2) is 3.82. The van der Waals surface area contributed by atoms with E-state index in [1.807, 2.05) is 0 Å². The van der Waals surface area contributed by atoms with Gasteiger partial charge in [-0.3, -0.25) is 15.1 Å². The summed E-state index contributed by atoms with van der Waals surface area (Å²) >= 11 is 0. The highest BCUT2D eigenvalue weighted by Crippen LogP contribution is 2.18. The quantitative estimate of drug-likeness (QED) is 0.329. The summed E-state index contributed by atoms with van der Waals surface area (Å²) in [5.74, 6) is -0.652. The summed E-state index contributed by atoms with van der Waals surface area (Å²) < 4.78 is 0. The summed E-state index contributed by atoms with van der Waals surface area (Å²) in [7, 11) is 1.45. The second-order valence-corrected chi connectivity index (χ2v) is 3.78. The van der Waals surface area contributed by atoms with E-state index < -0.39 is 0 Å². The number of fused-ring (bicyclic) bond motifs is 1. The van der Waals surface area contributed by atoms with Crippen molar-refractivity contribution in [3.8, 4) is 0 Å². The van der Waals surface area contributed by atoms with Crippen LogP contribution in [0.25, 0.3) is 10.9 Å². The largest absolute Gasteiger partial charge is 0.399 e. The molecule has 1 aromatic carbocycles. The Kier molecular flexibility index (Phi) is 2.47. The molecule has 6 heteroatoms. The van der Waals surface area contributed by atoms with Crippen molar-refractivity contribution in [1.82, 2.24) is 9.88 Å². The van der Waals surface area contributed by atoms with E-state index in [-0.39, 0.29) is 11.9 Å². The summed E-state index contributed by atoms with van der Waals surface area (Å²) in [6.07, 6.45) is 0. The number of nitrogens with two attached hydrogens (primary N) is 2. The Hall–Kier alpha value is -2.50. The molecule has 1 aromatic heterocycles. The minimum Gasteiger partial charge on any atom is -0.399 e. The second-order valence-electron chi connectivity index (χ2n) is 3.78. The van der Waals surface area contributed by atoms with E-state index in [1.54, 1.807) is 24.3 Å². The van der Waals surface area contributed by atoms with Gasteiger partial charge >= 0.3 is 0 Å². The Labute approximate surface area is 97.7 Å². The van der Waals surface area contributed by atoms with Crippen molar-refractivity contribution in [2.75, 3.05) is 12.8 Å². The fraction of sp³-hybridized carbons (Fsp3) is 0.0909. The maximum absolute atomic E-state index is 11.9. The van der Waals surface area contributed by atoms with Crippen LogP contribution in [-0.4, -0.2) is 28.8 Å². The van der Waals surface area contributed by atoms with Crippen molar-refractivity contribution >= 4 is 28.5 Å². The average molecular weight is 231 g/mol. The van der Waals surface area contributed by atoms with Crippen molar-refractivity contribution in [2.45, 2.75) is 0 Å². The minimum absolute atomic E-state index is 0.298. The first-order chi connectivity index (χ1) is 7.99. The van der Waals surface area contributed by atoms with Gasteiger partial charge in [0.25, 0.3) is 5.91 Å². The first kappa shape index (κ1) is 11.0. The van der Waals surface area contributed by atoms with Crippen LogP contribution in [0.1, 0.15) is 10.5 Å². The minimum atomic E-state index is -0.354. The third-order valence-electron chi connectivity index (χ3n) is 2.54. The van der Waals surface area contributed by atoms with Crippen LogP contribution in [0.4, 0.5) is 5.69 Å². The van der Waals surface area contributed by atoms with Gasteiger partial charge in [-0.15, -0.1) is 0 Å². The molecule has 0 saturated carbocycles. The number of nitrogens with zero attached hydrogens (tertiary/aromatic N) is 1. The number of anilines is 1. The lowest BCUT2D eigenvalue weighted by Crippen LogP contribution is -2.38.